The standard InChI is InChI=1S/C14H17Cl2NO/c1-17-13(18)14(7-3-2-4-8-14)10-5-6-11(15)12(16)9-10/h5-6,9H,2-4,7-8H2,1H3,(H,17,18). The monoisotopic (exact) mass is 285 g/mol. The first-order chi connectivity index (χ1) is 8.60. The zero-order valence-electron chi connectivity index (χ0n) is 10.4. The molecule has 4 heteroatoms. The van der Waals surface area contributed by atoms with Gasteiger partial charge in [0.25, 0.3) is 0 Å². The van der Waals surface area contributed by atoms with E-state index in [2.05, 4.69) is 5.32 Å². The smallest absolute Gasteiger partial charge is 0.230 e. The van der Waals surface area contributed by atoms with Crippen LogP contribution in [0.15, 0.2) is 18.2 Å². The van der Waals surface area contributed by atoms with Crippen LogP contribution in [0.3, 0.4) is 0 Å². The number of nitrogens with one attached hydrogen (secondary N) is 1. The zero-order chi connectivity index (χ0) is 13.2. The highest BCUT2D eigenvalue weighted by atomic mass is 35.5. The molecule has 0 spiro atoms. The van der Waals surface area contributed by atoms with Crippen molar-refractivity contribution in [1.82, 2.24) is 5.32 Å². The van der Waals surface area contributed by atoms with Crippen LogP contribution < -0.4 is 5.32 Å². The highest BCUT2D eigenvalue weighted by Gasteiger charge is 2.40. The Morgan fingerprint density at radius 1 is 1.17 bits per heavy atom. The summed E-state index contributed by atoms with van der Waals surface area (Å²) in [6.45, 7) is 0. The Balaban J connectivity index is 2.45. The minimum atomic E-state index is -0.429. The van der Waals surface area contributed by atoms with E-state index in [4.69, 9.17) is 23.2 Å². The molecule has 1 fully saturated rings. The van der Waals surface area contributed by atoms with Gasteiger partial charge in [0, 0.05) is 7.05 Å². The number of likely N-dealkylation sites (N-methyl/N-ethyl adjacent to an activating group) is 1. The van der Waals surface area contributed by atoms with Crippen molar-refractivity contribution in [3.8, 4) is 0 Å². The lowest BCUT2D eigenvalue weighted by molar-refractivity contribution is -0.127. The van der Waals surface area contributed by atoms with Gasteiger partial charge in [0.05, 0.1) is 15.5 Å². The summed E-state index contributed by atoms with van der Waals surface area (Å²) in [5.74, 6) is 0.0839. The van der Waals surface area contributed by atoms with Crippen molar-refractivity contribution < 1.29 is 4.79 Å². The van der Waals surface area contributed by atoms with Crippen LogP contribution in [0.1, 0.15) is 37.7 Å². The van der Waals surface area contributed by atoms with Gasteiger partial charge in [0.2, 0.25) is 5.91 Å². The summed E-state index contributed by atoms with van der Waals surface area (Å²) in [6.07, 6.45) is 5.11. The maximum atomic E-state index is 12.3. The van der Waals surface area contributed by atoms with Crippen LogP contribution in [-0.4, -0.2) is 13.0 Å². The molecule has 0 saturated heterocycles. The highest BCUT2D eigenvalue weighted by molar-refractivity contribution is 6.42. The fourth-order valence-electron chi connectivity index (χ4n) is 2.84. The van der Waals surface area contributed by atoms with Gasteiger partial charge in [0.15, 0.2) is 0 Å². The Morgan fingerprint density at radius 3 is 2.39 bits per heavy atom. The number of hydrogen-bond donors (Lipinski definition) is 1. The number of benzene rings is 1. The van der Waals surface area contributed by atoms with Gasteiger partial charge in [-0.15, -0.1) is 0 Å². The molecule has 0 atom stereocenters. The second kappa shape index (κ2) is 5.50. The molecule has 1 aromatic carbocycles. The number of rotatable bonds is 2. The van der Waals surface area contributed by atoms with Crippen molar-refractivity contribution in [2.24, 2.45) is 0 Å². The average molecular weight is 286 g/mol. The van der Waals surface area contributed by atoms with E-state index in [0.717, 1.165) is 31.2 Å². The van der Waals surface area contributed by atoms with E-state index in [1.807, 2.05) is 12.1 Å². The Labute approximate surface area is 118 Å². The van der Waals surface area contributed by atoms with Crippen LogP contribution >= 0.6 is 23.2 Å². The quantitative estimate of drug-likeness (QED) is 0.876. The number of halogens is 2. The van der Waals surface area contributed by atoms with E-state index in [1.54, 1.807) is 13.1 Å². The van der Waals surface area contributed by atoms with Crippen LogP contribution in [-0.2, 0) is 10.2 Å². The van der Waals surface area contributed by atoms with Crippen molar-refractivity contribution in [3.63, 3.8) is 0 Å². The van der Waals surface area contributed by atoms with E-state index in [9.17, 15) is 4.79 Å². The molecule has 0 aromatic heterocycles. The van der Waals surface area contributed by atoms with Crippen LogP contribution in [0.2, 0.25) is 10.0 Å². The summed E-state index contributed by atoms with van der Waals surface area (Å²) in [4.78, 5) is 12.3. The van der Waals surface area contributed by atoms with Gasteiger partial charge in [-0.25, -0.2) is 0 Å². The molecule has 2 nitrogen and oxygen atoms in total. The molecule has 2 rings (SSSR count). The molecule has 1 N–H and O–H groups in total. The molecule has 0 bridgehead atoms. The third-order valence-corrected chi connectivity index (χ3v) is 4.58. The van der Waals surface area contributed by atoms with Crippen molar-refractivity contribution in [3.05, 3.63) is 33.8 Å². The number of amides is 1. The number of hydrogen-bond acceptors (Lipinski definition) is 1. The van der Waals surface area contributed by atoms with Crippen molar-refractivity contribution in [1.29, 1.82) is 0 Å². The predicted octanol–water partition coefficient (Wildman–Crippen LogP) is 3.94. The van der Waals surface area contributed by atoms with Gasteiger partial charge in [-0.2, -0.15) is 0 Å². The van der Waals surface area contributed by atoms with Gasteiger partial charge >= 0.3 is 0 Å². The van der Waals surface area contributed by atoms with Crippen molar-refractivity contribution >= 4 is 29.1 Å². The van der Waals surface area contributed by atoms with Gasteiger partial charge in [-0.05, 0) is 30.5 Å². The molecule has 0 radical (unpaired) electrons. The van der Waals surface area contributed by atoms with Crippen LogP contribution in [0.5, 0.6) is 0 Å². The first-order valence-corrected chi connectivity index (χ1v) is 7.03. The lowest BCUT2D eigenvalue weighted by atomic mass is 9.69. The van der Waals surface area contributed by atoms with Gasteiger partial charge in [0.1, 0.15) is 0 Å². The van der Waals surface area contributed by atoms with Gasteiger partial charge < -0.3 is 5.32 Å². The van der Waals surface area contributed by atoms with E-state index in [1.165, 1.54) is 6.42 Å². The summed E-state index contributed by atoms with van der Waals surface area (Å²) in [5.41, 5.74) is 0.553. The average Bonchev–Trinajstić information content (AvgIpc) is 2.41. The van der Waals surface area contributed by atoms with Gasteiger partial charge in [-0.3, -0.25) is 4.79 Å². The maximum Gasteiger partial charge on any atom is 0.230 e. The molecule has 0 unspecified atom stereocenters. The summed E-state index contributed by atoms with van der Waals surface area (Å²) in [6, 6.07) is 5.54. The lowest BCUT2D eigenvalue weighted by Crippen LogP contribution is -2.44. The molecular weight excluding hydrogens is 269 g/mol. The Kier molecular flexibility index (Phi) is 4.18. The number of carbonyl (C=O) groups is 1. The summed E-state index contributed by atoms with van der Waals surface area (Å²) < 4.78 is 0. The fraction of sp³-hybridized carbons (Fsp3) is 0.500. The Morgan fingerprint density at radius 2 is 1.83 bits per heavy atom. The molecule has 1 saturated carbocycles. The number of carbonyl (C=O) groups excluding carboxylic acids is 1. The molecular formula is C14H17Cl2NO. The summed E-state index contributed by atoms with van der Waals surface area (Å²) in [5, 5.41) is 3.84. The van der Waals surface area contributed by atoms with Crippen LogP contribution in [0.25, 0.3) is 0 Å². The van der Waals surface area contributed by atoms with E-state index in [-0.39, 0.29) is 5.91 Å². The minimum Gasteiger partial charge on any atom is -0.358 e. The second-order valence-corrected chi connectivity index (χ2v) is 5.67. The van der Waals surface area contributed by atoms with Crippen molar-refractivity contribution in [2.45, 2.75) is 37.5 Å². The fourth-order valence-corrected chi connectivity index (χ4v) is 3.13. The Hall–Kier alpha value is -0.730. The van der Waals surface area contributed by atoms with Crippen molar-refractivity contribution in [2.75, 3.05) is 7.05 Å². The molecule has 1 aliphatic carbocycles. The first kappa shape index (κ1) is 13.7. The summed E-state index contributed by atoms with van der Waals surface area (Å²) in [7, 11) is 1.69. The predicted molar refractivity (Wildman–Crippen MR) is 75.3 cm³/mol. The summed E-state index contributed by atoms with van der Waals surface area (Å²) >= 11 is 12.0. The molecule has 1 aliphatic rings. The highest BCUT2D eigenvalue weighted by Crippen LogP contribution is 2.41. The molecule has 1 aromatic rings. The lowest BCUT2D eigenvalue weighted by Gasteiger charge is -2.36. The topological polar surface area (TPSA) is 29.1 Å². The Bertz CT molecular complexity index is 453. The largest absolute Gasteiger partial charge is 0.358 e. The van der Waals surface area contributed by atoms with Crippen LogP contribution in [0.4, 0.5) is 0 Å². The molecule has 1 amide bonds. The molecule has 98 valence electrons. The molecule has 0 aliphatic heterocycles. The SMILES string of the molecule is CNC(=O)C1(c2ccc(Cl)c(Cl)c2)CCCCC1. The second-order valence-electron chi connectivity index (χ2n) is 4.85. The molecule has 0 heterocycles. The molecule has 18 heavy (non-hydrogen) atoms. The zero-order valence-corrected chi connectivity index (χ0v) is 11.9. The first-order valence-electron chi connectivity index (χ1n) is 6.28. The van der Waals surface area contributed by atoms with E-state index < -0.39 is 5.41 Å². The van der Waals surface area contributed by atoms with E-state index >= 15 is 0 Å². The minimum absolute atomic E-state index is 0.0839. The van der Waals surface area contributed by atoms with E-state index in [0.29, 0.717) is 10.0 Å². The normalized spacial score (nSPS) is 18.4. The third kappa shape index (κ3) is 2.36. The maximum absolute atomic E-state index is 12.3. The third-order valence-electron chi connectivity index (χ3n) is 3.84. The van der Waals surface area contributed by atoms with Gasteiger partial charge in [-0.1, -0.05) is 48.5 Å². The van der Waals surface area contributed by atoms with Crippen LogP contribution in [0, 0.1) is 0 Å².